The van der Waals surface area contributed by atoms with Crippen LogP contribution in [0.3, 0.4) is 0 Å². The highest BCUT2D eigenvalue weighted by Gasteiger charge is 2.30. The molecule has 1 aliphatic heterocycles. The van der Waals surface area contributed by atoms with Gasteiger partial charge in [-0.3, -0.25) is 9.59 Å². The van der Waals surface area contributed by atoms with Crippen LogP contribution in [0, 0.1) is 5.92 Å². The highest BCUT2D eigenvalue weighted by atomic mass is 19.4. The van der Waals surface area contributed by atoms with Crippen LogP contribution >= 0.6 is 0 Å². The Morgan fingerprint density at radius 3 is 2.71 bits per heavy atom. The first-order chi connectivity index (χ1) is 11.3. The summed E-state index contributed by atoms with van der Waals surface area (Å²) in [6.07, 6.45) is -2.10. The highest BCUT2D eigenvalue weighted by molar-refractivity contribution is 5.78. The number of rotatable bonds is 5. The molecule has 1 heterocycles. The fourth-order valence-electron chi connectivity index (χ4n) is 2.91. The number of carbonyl (C=O) groups is 2. The standard InChI is InChI=1S/C17H20F3NO3/c18-17(19,20)14-7-1-4-12(10-14)5-2-8-15(22)21-9-3-6-13(11-21)16(23)24/h1,4,7,10,13H,2-3,5-6,8-9,11H2,(H,23,24)/t13-/m0/s1. The molecule has 0 bridgehead atoms. The van der Waals surface area contributed by atoms with Gasteiger partial charge in [0, 0.05) is 19.5 Å². The van der Waals surface area contributed by atoms with Gasteiger partial charge >= 0.3 is 12.1 Å². The lowest BCUT2D eigenvalue weighted by Gasteiger charge is -2.30. The molecule has 24 heavy (non-hydrogen) atoms. The van der Waals surface area contributed by atoms with Gasteiger partial charge in [-0.15, -0.1) is 0 Å². The maximum absolute atomic E-state index is 12.7. The summed E-state index contributed by atoms with van der Waals surface area (Å²) in [7, 11) is 0. The van der Waals surface area contributed by atoms with Crippen molar-refractivity contribution >= 4 is 11.9 Å². The van der Waals surface area contributed by atoms with Crippen LogP contribution in [0.25, 0.3) is 0 Å². The van der Waals surface area contributed by atoms with E-state index in [-0.39, 0.29) is 18.9 Å². The van der Waals surface area contributed by atoms with E-state index in [1.54, 1.807) is 11.0 Å². The molecule has 1 N–H and O–H groups in total. The van der Waals surface area contributed by atoms with Gasteiger partial charge in [0.2, 0.25) is 5.91 Å². The van der Waals surface area contributed by atoms with E-state index in [1.165, 1.54) is 6.07 Å². The number of nitrogens with zero attached hydrogens (tertiary/aromatic N) is 1. The third-order valence-corrected chi connectivity index (χ3v) is 4.23. The SMILES string of the molecule is O=C(O)[C@H]1CCCN(C(=O)CCCc2cccc(C(F)(F)F)c2)C1. The molecule has 132 valence electrons. The van der Waals surface area contributed by atoms with Gasteiger partial charge in [0.25, 0.3) is 0 Å². The number of hydrogen-bond donors (Lipinski definition) is 1. The molecule has 1 atom stereocenters. The second-order valence-electron chi connectivity index (χ2n) is 6.07. The lowest BCUT2D eigenvalue weighted by atomic mass is 9.97. The number of alkyl halides is 3. The molecule has 0 saturated carbocycles. The van der Waals surface area contributed by atoms with E-state index in [0.29, 0.717) is 37.8 Å². The van der Waals surface area contributed by atoms with Gasteiger partial charge in [-0.2, -0.15) is 13.2 Å². The molecule has 7 heteroatoms. The average molecular weight is 343 g/mol. The number of amides is 1. The number of carboxylic acid groups (broad SMARTS) is 1. The quantitative estimate of drug-likeness (QED) is 0.892. The predicted molar refractivity (Wildman–Crippen MR) is 81.3 cm³/mol. The van der Waals surface area contributed by atoms with Crippen molar-refractivity contribution in [1.82, 2.24) is 4.90 Å². The number of likely N-dealkylation sites (tertiary alicyclic amines) is 1. The second kappa shape index (κ2) is 7.68. The minimum Gasteiger partial charge on any atom is -0.481 e. The summed E-state index contributed by atoms with van der Waals surface area (Å²) in [6, 6.07) is 5.10. The topological polar surface area (TPSA) is 57.6 Å². The maximum atomic E-state index is 12.7. The molecule has 0 spiro atoms. The third kappa shape index (κ3) is 4.97. The molecule has 0 aromatic heterocycles. The summed E-state index contributed by atoms with van der Waals surface area (Å²) in [4.78, 5) is 24.7. The van der Waals surface area contributed by atoms with Gasteiger partial charge < -0.3 is 10.0 Å². The molecule has 1 saturated heterocycles. The Hall–Kier alpha value is -2.05. The Balaban J connectivity index is 1.83. The van der Waals surface area contributed by atoms with E-state index in [4.69, 9.17) is 5.11 Å². The van der Waals surface area contributed by atoms with Crippen LogP contribution in [0.5, 0.6) is 0 Å². The molecule has 2 rings (SSSR count). The van der Waals surface area contributed by atoms with Crippen LogP contribution in [0.15, 0.2) is 24.3 Å². The first-order valence-corrected chi connectivity index (χ1v) is 7.94. The van der Waals surface area contributed by atoms with Crippen molar-refractivity contribution in [3.05, 3.63) is 35.4 Å². The van der Waals surface area contributed by atoms with Crippen LogP contribution in [0.4, 0.5) is 13.2 Å². The molecule has 0 unspecified atom stereocenters. The Kier molecular flexibility index (Phi) is 5.85. The van der Waals surface area contributed by atoms with Gasteiger partial charge in [0.15, 0.2) is 0 Å². The van der Waals surface area contributed by atoms with Crippen molar-refractivity contribution in [1.29, 1.82) is 0 Å². The van der Waals surface area contributed by atoms with Crippen molar-refractivity contribution in [2.75, 3.05) is 13.1 Å². The molecule has 0 radical (unpaired) electrons. The highest BCUT2D eigenvalue weighted by Crippen LogP contribution is 2.29. The number of benzene rings is 1. The van der Waals surface area contributed by atoms with Crippen molar-refractivity contribution in [2.45, 2.75) is 38.3 Å². The number of carbonyl (C=O) groups excluding carboxylic acids is 1. The number of halogens is 3. The number of piperidine rings is 1. The fraction of sp³-hybridized carbons (Fsp3) is 0.529. The van der Waals surface area contributed by atoms with Crippen LogP contribution in [-0.4, -0.2) is 35.0 Å². The van der Waals surface area contributed by atoms with E-state index >= 15 is 0 Å². The Morgan fingerprint density at radius 2 is 2.04 bits per heavy atom. The zero-order chi connectivity index (χ0) is 17.7. The molecule has 0 aliphatic carbocycles. The van der Waals surface area contributed by atoms with E-state index in [9.17, 15) is 22.8 Å². The number of carboxylic acids is 1. The monoisotopic (exact) mass is 343 g/mol. The summed E-state index contributed by atoms with van der Waals surface area (Å²) in [5.74, 6) is -1.55. The Labute approximate surface area is 138 Å². The molecule has 1 amide bonds. The van der Waals surface area contributed by atoms with Gasteiger partial charge in [0.05, 0.1) is 11.5 Å². The Bertz CT molecular complexity index is 601. The first kappa shape index (κ1) is 18.3. The maximum Gasteiger partial charge on any atom is 0.416 e. The lowest BCUT2D eigenvalue weighted by molar-refractivity contribution is -0.145. The van der Waals surface area contributed by atoms with Crippen LogP contribution in [-0.2, 0) is 22.2 Å². The average Bonchev–Trinajstić information content (AvgIpc) is 2.54. The van der Waals surface area contributed by atoms with Crippen molar-refractivity contribution in [2.24, 2.45) is 5.92 Å². The Morgan fingerprint density at radius 1 is 1.29 bits per heavy atom. The van der Waals surface area contributed by atoms with Crippen molar-refractivity contribution < 1.29 is 27.9 Å². The van der Waals surface area contributed by atoms with Crippen LogP contribution in [0.1, 0.15) is 36.8 Å². The van der Waals surface area contributed by atoms with Gasteiger partial charge in [-0.1, -0.05) is 18.2 Å². The smallest absolute Gasteiger partial charge is 0.416 e. The first-order valence-electron chi connectivity index (χ1n) is 7.94. The second-order valence-corrected chi connectivity index (χ2v) is 6.07. The van der Waals surface area contributed by atoms with E-state index in [1.807, 2.05) is 0 Å². The number of aliphatic carboxylic acids is 1. The molecule has 1 aliphatic rings. The summed E-state index contributed by atoms with van der Waals surface area (Å²) in [5.41, 5.74) is -0.147. The summed E-state index contributed by atoms with van der Waals surface area (Å²) in [5, 5.41) is 9.02. The van der Waals surface area contributed by atoms with Crippen LogP contribution < -0.4 is 0 Å². The number of aryl methyl sites for hydroxylation is 1. The lowest BCUT2D eigenvalue weighted by Crippen LogP contribution is -2.42. The largest absolute Gasteiger partial charge is 0.481 e. The summed E-state index contributed by atoms with van der Waals surface area (Å²) in [6.45, 7) is 0.768. The predicted octanol–water partition coefficient (Wildman–Crippen LogP) is 3.35. The van der Waals surface area contributed by atoms with E-state index in [0.717, 1.165) is 12.1 Å². The molecule has 1 aromatic rings. The minimum atomic E-state index is -4.37. The van der Waals surface area contributed by atoms with E-state index in [2.05, 4.69) is 0 Å². The normalized spacial score (nSPS) is 18.5. The minimum absolute atomic E-state index is 0.132. The van der Waals surface area contributed by atoms with Crippen molar-refractivity contribution in [3.8, 4) is 0 Å². The van der Waals surface area contributed by atoms with Gasteiger partial charge in [-0.25, -0.2) is 0 Å². The van der Waals surface area contributed by atoms with Crippen molar-refractivity contribution in [3.63, 3.8) is 0 Å². The molecule has 1 aromatic carbocycles. The number of hydrogen-bond acceptors (Lipinski definition) is 2. The zero-order valence-electron chi connectivity index (χ0n) is 13.2. The molecule has 1 fully saturated rings. The van der Waals surface area contributed by atoms with Crippen LogP contribution in [0.2, 0.25) is 0 Å². The molecular formula is C17H20F3NO3. The van der Waals surface area contributed by atoms with E-state index < -0.39 is 23.6 Å². The fourth-order valence-corrected chi connectivity index (χ4v) is 2.91. The third-order valence-electron chi connectivity index (χ3n) is 4.23. The van der Waals surface area contributed by atoms with Gasteiger partial charge in [0.1, 0.15) is 0 Å². The van der Waals surface area contributed by atoms with Gasteiger partial charge in [-0.05, 0) is 37.3 Å². The zero-order valence-corrected chi connectivity index (χ0v) is 13.2. The molecular weight excluding hydrogens is 323 g/mol. The molecule has 4 nitrogen and oxygen atoms in total. The summed E-state index contributed by atoms with van der Waals surface area (Å²) >= 11 is 0. The summed E-state index contributed by atoms with van der Waals surface area (Å²) < 4.78 is 38.0.